The maximum atomic E-state index is 2.61. The molecule has 1 spiro atoms. The van der Waals surface area contributed by atoms with Crippen LogP contribution < -0.4 is 0 Å². The van der Waals surface area contributed by atoms with Gasteiger partial charge in [0.25, 0.3) is 0 Å². The molecular weight excluding hydrogens is 613 g/mol. The Labute approximate surface area is 301 Å². The van der Waals surface area contributed by atoms with Gasteiger partial charge in [-0.2, -0.15) is 0 Å². The van der Waals surface area contributed by atoms with Crippen molar-refractivity contribution in [3.05, 3.63) is 156 Å². The molecule has 4 saturated carbocycles. The zero-order chi connectivity index (χ0) is 33.6. The monoisotopic (exact) mass is 654 g/mol. The molecular formula is C51H42. The van der Waals surface area contributed by atoms with E-state index in [1.54, 1.807) is 16.7 Å². The molecule has 13 rings (SSSR count). The van der Waals surface area contributed by atoms with Crippen molar-refractivity contribution in [2.75, 3.05) is 0 Å². The second-order valence-corrected chi connectivity index (χ2v) is 17.3. The van der Waals surface area contributed by atoms with Gasteiger partial charge in [-0.25, -0.2) is 0 Å². The predicted octanol–water partition coefficient (Wildman–Crippen LogP) is 13.4. The molecule has 6 aliphatic rings. The van der Waals surface area contributed by atoms with Gasteiger partial charge in [0.1, 0.15) is 0 Å². The maximum absolute atomic E-state index is 2.61. The van der Waals surface area contributed by atoms with Crippen LogP contribution in [-0.4, -0.2) is 0 Å². The van der Waals surface area contributed by atoms with Gasteiger partial charge < -0.3 is 0 Å². The Morgan fingerprint density at radius 3 is 1.76 bits per heavy atom. The van der Waals surface area contributed by atoms with Crippen molar-refractivity contribution < 1.29 is 0 Å². The Balaban J connectivity index is 0.977. The standard InChI is InChI=1S/C51H42/c1-50(2)44-20-18-36(33-13-11-32(12-14-33)35-17-19-41-37(28-35)16-15-34-7-3-4-8-40(34)41)29-43(44)49-46(50)21-22-47-48(49)42-9-5-6-10-45(42)51(47)38-24-30-23-31(26-38)27-39(51)25-30/h3-22,28-31,38-39H,23-27H2,1-2H3. The minimum atomic E-state index is -0.0295. The molecule has 7 aromatic rings. The summed E-state index contributed by atoms with van der Waals surface area (Å²) < 4.78 is 0. The molecule has 0 aromatic heterocycles. The molecule has 0 heterocycles. The van der Waals surface area contributed by atoms with Crippen molar-refractivity contribution >= 4 is 21.5 Å². The summed E-state index contributed by atoms with van der Waals surface area (Å²) >= 11 is 0. The van der Waals surface area contributed by atoms with E-state index in [2.05, 4.69) is 147 Å². The van der Waals surface area contributed by atoms with E-state index in [-0.39, 0.29) is 10.8 Å². The van der Waals surface area contributed by atoms with Crippen LogP contribution in [0, 0.1) is 23.7 Å². The van der Waals surface area contributed by atoms with Crippen LogP contribution in [0.1, 0.15) is 68.2 Å². The highest BCUT2D eigenvalue weighted by Gasteiger charge is 2.62. The lowest BCUT2D eigenvalue weighted by molar-refractivity contribution is -0.0399. The molecule has 7 aromatic carbocycles. The van der Waals surface area contributed by atoms with Crippen LogP contribution in [-0.2, 0) is 10.8 Å². The van der Waals surface area contributed by atoms with Crippen molar-refractivity contribution in [1.82, 2.24) is 0 Å². The van der Waals surface area contributed by atoms with E-state index in [4.69, 9.17) is 0 Å². The van der Waals surface area contributed by atoms with Gasteiger partial charge in [-0.1, -0.05) is 135 Å². The normalized spacial score (nSPS) is 25.7. The van der Waals surface area contributed by atoms with Gasteiger partial charge >= 0.3 is 0 Å². The predicted molar refractivity (Wildman–Crippen MR) is 213 cm³/mol. The zero-order valence-corrected chi connectivity index (χ0v) is 29.5. The SMILES string of the molecule is CC1(C)c2ccc(-c3ccc(-c4ccc5c(ccc6ccccc65)c4)cc3)cc2-c2c1ccc1c2-c2ccccc2C12C1CC3CC(C1)CC2C3. The van der Waals surface area contributed by atoms with E-state index in [9.17, 15) is 0 Å². The number of benzene rings is 7. The smallest absolute Gasteiger partial charge is 0.0272 e. The lowest BCUT2D eigenvalue weighted by atomic mass is 9.43. The Morgan fingerprint density at radius 2 is 0.980 bits per heavy atom. The second-order valence-electron chi connectivity index (χ2n) is 17.3. The number of rotatable bonds is 2. The summed E-state index contributed by atoms with van der Waals surface area (Å²) in [5, 5.41) is 5.22. The first-order valence-electron chi connectivity index (χ1n) is 19.4. The highest BCUT2D eigenvalue weighted by Crippen LogP contribution is 2.71. The first-order valence-corrected chi connectivity index (χ1v) is 19.4. The van der Waals surface area contributed by atoms with Crippen LogP contribution in [0.5, 0.6) is 0 Å². The molecule has 0 atom stereocenters. The minimum absolute atomic E-state index is 0.0295. The quantitative estimate of drug-likeness (QED) is 0.163. The summed E-state index contributed by atoms with van der Waals surface area (Å²) in [5.74, 6) is 3.49. The van der Waals surface area contributed by atoms with Crippen LogP contribution in [0.3, 0.4) is 0 Å². The average Bonchev–Trinajstić information content (AvgIpc) is 3.59. The van der Waals surface area contributed by atoms with Crippen LogP contribution in [0.4, 0.5) is 0 Å². The fraction of sp³-hybridized carbons (Fsp3) is 0.255. The van der Waals surface area contributed by atoms with Gasteiger partial charge in [0.15, 0.2) is 0 Å². The number of hydrogen-bond acceptors (Lipinski definition) is 0. The molecule has 0 amide bonds. The molecule has 4 fully saturated rings. The molecule has 0 aliphatic heterocycles. The Bertz CT molecular complexity index is 2590. The van der Waals surface area contributed by atoms with E-state index >= 15 is 0 Å². The Kier molecular flexibility index (Phi) is 5.57. The lowest BCUT2D eigenvalue weighted by Crippen LogP contribution is -2.55. The summed E-state index contributed by atoms with van der Waals surface area (Å²) in [6, 6.07) is 51.5. The van der Waals surface area contributed by atoms with Crippen molar-refractivity contribution in [2.24, 2.45) is 23.7 Å². The molecule has 4 bridgehead atoms. The number of hydrogen-bond donors (Lipinski definition) is 0. The highest BCUT2D eigenvalue weighted by atomic mass is 14.7. The molecule has 51 heavy (non-hydrogen) atoms. The third-order valence-corrected chi connectivity index (χ3v) is 14.7. The van der Waals surface area contributed by atoms with Crippen molar-refractivity contribution in [3.8, 4) is 44.5 Å². The first-order chi connectivity index (χ1) is 25.0. The van der Waals surface area contributed by atoms with Gasteiger partial charge in [0, 0.05) is 10.8 Å². The fourth-order valence-electron chi connectivity index (χ4n) is 12.7. The Hall–Kier alpha value is -4.94. The fourth-order valence-corrected chi connectivity index (χ4v) is 12.7. The average molecular weight is 655 g/mol. The summed E-state index contributed by atoms with van der Waals surface area (Å²) in [6.45, 7) is 4.90. The third-order valence-electron chi connectivity index (χ3n) is 14.7. The molecule has 0 radical (unpaired) electrons. The van der Waals surface area contributed by atoms with Gasteiger partial charge in [0.05, 0.1) is 0 Å². The van der Waals surface area contributed by atoms with Gasteiger partial charge in [-0.15, -0.1) is 0 Å². The highest BCUT2D eigenvalue weighted by molar-refractivity contribution is 6.08. The third kappa shape index (κ3) is 3.66. The molecule has 0 nitrogen and oxygen atoms in total. The van der Waals surface area contributed by atoms with E-state index in [1.807, 2.05) is 0 Å². The second kappa shape index (κ2) is 9.89. The molecule has 0 unspecified atom stereocenters. The Morgan fingerprint density at radius 1 is 0.412 bits per heavy atom. The first kappa shape index (κ1) is 28.7. The van der Waals surface area contributed by atoms with Gasteiger partial charge in [-0.3, -0.25) is 0 Å². The van der Waals surface area contributed by atoms with Crippen LogP contribution in [0.2, 0.25) is 0 Å². The molecule has 0 heteroatoms. The molecule has 6 aliphatic carbocycles. The van der Waals surface area contributed by atoms with E-state index < -0.39 is 0 Å². The van der Waals surface area contributed by atoms with Crippen molar-refractivity contribution in [1.29, 1.82) is 0 Å². The van der Waals surface area contributed by atoms with Gasteiger partial charge in [-0.05, 0) is 156 Å². The molecule has 246 valence electrons. The van der Waals surface area contributed by atoms with E-state index in [0.717, 1.165) is 23.7 Å². The van der Waals surface area contributed by atoms with Crippen LogP contribution in [0.15, 0.2) is 133 Å². The van der Waals surface area contributed by atoms with Crippen LogP contribution >= 0.6 is 0 Å². The summed E-state index contributed by atoms with van der Waals surface area (Å²) in [7, 11) is 0. The van der Waals surface area contributed by atoms with Crippen molar-refractivity contribution in [2.45, 2.75) is 56.8 Å². The minimum Gasteiger partial charge on any atom is -0.0619 e. The lowest BCUT2D eigenvalue weighted by Gasteiger charge is -2.61. The van der Waals surface area contributed by atoms with Crippen LogP contribution in [0.25, 0.3) is 66.1 Å². The van der Waals surface area contributed by atoms with E-state index in [0.29, 0.717) is 0 Å². The van der Waals surface area contributed by atoms with Gasteiger partial charge in [0.2, 0.25) is 0 Å². The largest absolute Gasteiger partial charge is 0.0619 e. The summed E-state index contributed by atoms with van der Waals surface area (Å²) in [5.41, 5.74) is 17.6. The summed E-state index contributed by atoms with van der Waals surface area (Å²) in [4.78, 5) is 0. The van der Waals surface area contributed by atoms with E-state index in [1.165, 1.54) is 104 Å². The van der Waals surface area contributed by atoms with Crippen molar-refractivity contribution in [3.63, 3.8) is 0 Å². The number of fused-ring (bicyclic) bond motifs is 10. The summed E-state index contributed by atoms with van der Waals surface area (Å²) in [6.07, 6.45) is 7.20. The topological polar surface area (TPSA) is 0 Å². The zero-order valence-electron chi connectivity index (χ0n) is 29.5. The maximum Gasteiger partial charge on any atom is 0.0272 e. The molecule has 0 saturated heterocycles. The molecule has 0 N–H and O–H groups in total.